The number of esters is 1. The molecule has 0 aliphatic rings. The van der Waals surface area contributed by atoms with E-state index in [1.807, 2.05) is 32.0 Å². The molecule has 268 valence electrons. The Morgan fingerprint density at radius 3 is 2.35 bits per heavy atom. The molecule has 0 spiro atoms. The topological polar surface area (TPSA) is 117 Å². The summed E-state index contributed by atoms with van der Waals surface area (Å²) in [7, 11) is 1.65. The summed E-state index contributed by atoms with van der Waals surface area (Å²) in [6.45, 7) is 11.1. The van der Waals surface area contributed by atoms with Gasteiger partial charge in [-0.15, -0.1) is 0 Å². The van der Waals surface area contributed by atoms with Crippen molar-refractivity contribution in [2.24, 2.45) is 10.8 Å². The van der Waals surface area contributed by atoms with Crippen molar-refractivity contribution in [2.75, 3.05) is 39.1 Å². The molecule has 2 aromatic heterocycles. The summed E-state index contributed by atoms with van der Waals surface area (Å²) in [6.07, 6.45) is 4.12. The molecule has 1 atom stereocenters. The SMILES string of the molecule is CCCCc1[nH]c2c(N)nc3ccccc3c2[n+]1CCCC[N+](C)([O-])CC(C)(C)COCC(C)(C)CC(=O)Oc1c(F)c(F)cc(F)c1F. The molecule has 0 bridgehead atoms. The van der Waals surface area contributed by atoms with Crippen molar-refractivity contribution in [3.8, 4) is 5.75 Å². The Hall–Kier alpha value is -3.81. The van der Waals surface area contributed by atoms with Gasteiger partial charge < -0.3 is 25.1 Å². The molecule has 0 amide bonds. The first-order chi connectivity index (χ1) is 22.9. The second-order valence-electron chi connectivity index (χ2n) is 14.7. The maximum Gasteiger partial charge on any atom is 0.312 e. The molecule has 1 unspecified atom stereocenters. The first-order valence-corrected chi connectivity index (χ1v) is 16.7. The number of aromatic amines is 1. The third-order valence-corrected chi connectivity index (χ3v) is 8.45. The number of ether oxygens (including phenoxy) is 2. The Morgan fingerprint density at radius 2 is 1.67 bits per heavy atom. The number of benzene rings is 2. The lowest BCUT2D eigenvalue weighted by Crippen LogP contribution is -2.47. The predicted octanol–water partition coefficient (Wildman–Crippen LogP) is 7.27. The number of pyridine rings is 1. The summed E-state index contributed by atoms with van der Waals surface area (Å²) < 4.78 is 67.2. The quantitative estimate of drug-likeness (QED) is 0.0176. The van der Waals surface area contributed by atoms with Gasteiger partial charge in [0.15, 0.2) is 23.0 Å². The van der Waals surface area contributed by atoms with E-state index in [9.17, 15) is 27.6 Å². The monoisotopic (exact) mass is 690 g/mol. The van der Waals surface area contributed by atoms with Crippen molar-refractivity contribution >= 4 is 33.7 Å². The zero-order valence-corrected chi connectivity index (χ0v) is 29.2. The normalized spacial score (nSPS) is 13.7. The molecule has 2 aromatic carbocycles. The van der Waals surface area contributed by atoms with E-state index in [-0.39, 0.29) is 32.2 Å². The number of carbonyl (C=O) groups excluding carboxylic acids is 1. The number of hydrogen-bond acceptors (Lipinski definition) is 6. The number of aromatic nitrogens is 3. The first kappa shape index (κ1) is 38.0. The smallest absolute Gasteiger partial charge is 0.312 e. The van der Waals surface area contributed by atoms with E-state index in [2.05, 4.69) is 32.3 Å². The number of para-hydroxylation sites is 1. The number of carbonyl (C=O) groups is 1. The molecule has 4 aromatic rings. The number of nitrogens with two attached hydrogens (primary N) is 1. The van der Waals surface area contributed by atoms with Crippen LogP contribution >= 0.6 is 0 Å². The molecule has 9 nitrogen and oxygen atoms in total. The Bertz CT molecular complexity index is 1760. The minimum Gasteiger partial charge on any atom is -0.633 e. The molecule has 0 aliphatic carbocycles. The number of hydroxylamine groups is 3. The highest BCUT2D eigenvalue weighted by Gasteiger charge is 2.31. The number of halogens is 4. The van der Waals surface area contributed by atoms with Crippen molar-refractivity contribution in [3.63, 3.8) is 0 Å². The summed E-state index contributed by atoms with van der Waals surface area (Å²) in [5.41, 5.74) is 7.70. The molecule has 3 N–H and O–H groups in total. The van der Waals surface area contributed by atoms with Gasteiger partial charge >= 0.3 is 5.97 Å². The van der Waals surface area contributed by atoms with Gasteiger partial charge in [0, 0.05) is 24.3 Å². The largest absolute Gasteiger partial charge is 0.633 e. The van der Waals surface area contributed by atoms with Crippen molar-refractivity contribution in [1.29, 1.82) is 0 Å². The number of nitrogen functional groups attached to an aromatic ring is 1. The van der Waals surface area contributed by atoms with E-state index in [1.165, 1.54) is 0 Å². The lowest BCUT2D eigenvalue weighted by Gasteiger charge is -2.44. The Kier molecular flexibility index (Phi) is 11.9. The summed E-state index contributed by atoms with van der Waals surface area (Å²) >= 11 is 0. The minimum absolute atomic E-state index is 0.0395. The van der Waals surface area contributed by atoms with Crippen LogP contribution in [0.15, 0.2) is 30.3 Å². The lowest BCUT2D eigenvalue weighted by atomic mass is 9.90. The maximum atomic E-state index is 13.9. The fraction of sp³-hybridized carbons (Fsp3) is 0.528. The highest BCUT2D eigenvalue weighted by atomic mass is 19.2. The first-order valence-electron chi connectivity index (χ1n) is 16.7. The highest BCUT2D eigenvalue weighted by Crippen LogP contribution is 2.30. The third kappa shape index (κ3) is 9.67. The number of quaternary nitrogens is 1. The van der Waals surface area contributed by atoms with Crippen LogP contribution in [0.5, 0.6) is 5.75 Å². The van der Waals surface area contributed by atoms with Crippen LogP contribution in [0.4, 0.5) is 23.4 Å². The van der Waals surface area contributed by atoms with Crippen LogP contribution in [0.3, 0.4) is 0 Å². The van der Waals surface area contributed by atoms with Gasteiger partial charge in [0.25, 0.3) is 5.82 Å². The zero-order valence-electron chi connectivity index (χ0n) is 29.2. The number of nitrogens with one attached hydrogen (secondary N) is 1. The number of imidazole rings is 1. The molecule has 0 saturated carbocycles. The van der Waals surface area contributed by atoms with Gasteiger partial charge in [0.1, 0.15) is 0 Å². The molecule has 0 radical (unpaired) electrons. The number of aryl methyl sites for hydroxylation is 2. The van der Waals surface area contributed by atoms with E-state index in [0.29, 0.717) is 18.8 Å². The number of nitrogens with zero attached hydrogens (tertiary/aromatic N) is 3. The van der Waals surface area contributed by atoms with Gasteiger partial charge in [-0.2, -0.15) is 8.78 Å². The van der Waals surface area contributed by atoms with Crippen molar-refractivity contribution in [3.05, 3.63) is 64.6 Å². The summed E-state index contributed by atoms with van der Waals surface area (Å²) in [5.74, 6) is -7.84. The average Bonchev–Trinajstić information content (AvgIpc) is 3.37. The second-order valence-corrected chi connectivity index (χ2v) is 14.7. The van der Waals surface area contributed by atoms with Gasteiger partial charge in [-0.3, -0.25) is 4.79 Å². The van der Waals surface area contributed by atoms with Gasteiger partial charge in [-0.25, -0.2) is 23.3 Å². The average molecular weight is 691 g/mol. The zero-order chi connectivity index (χ0) is 36.1. The molecule has 13 heteroatoms. The molecule has 49 heavy (non-hydrogen) atoms. The number of rotatable bonds is 17. The van der Waals surface area contributed by atoms with Crippen LogP contribution in [0, 0.1) is 39.3 Å². The molecule has 0 fully saturated rings. The van der Waals surface area contributed by atoms with Crippen LogP contribution in [-0.4, -0.2) is 53.9 Å². The van der Waals surface area contributed by atoms with E-state index in [0.717, 1.165) is 60.0 Å². The second kappa shape index (κ2) is 15.4. The number of H-pyrrole nitrogens is 1. The van der Waals surface area contributed by atoms with Crippen molar-refractivity contribution < 1.29 is 41.0 Å². The van der Waals surface area contributed by atoms with Gasteiger partial charge in [0.05, 0.1) is 57.2 Å². The molecule has 4 rings (SSSR count). The van der Waals surface area contributed by atoms with Gasteiger partial charge in [-0.05, 0) is 30.4 Å². The van der Waals surface area contributed by atoms with Crippen LogP contribution in [-0.2, 0) is 22.5 Å². The van der Waals surface area contributed by atoms with Crippen LogP contribution < -0.4 is 15.0 Å². The van der Waals surface area contributed by atoms with E-state index in [1.54, 1.807) is 20.9 Å². The third-order valence-electron chi connectivity index (χ3n) is 8.45. The van der Waals surface area contributed by atoms with Crippen molar-refractivity contribution in [2.45, 2.75) is 79.7 Å². The fourth-order valence-corrected chi connectivity index (χ4v) is 6.33. The van der Waals surface area contributed by atoms with Crippen LogP contribution in [0.1, 0.15) is 72.5 Å². The van der Waals surface area contributed by atoms with Crippen LogP contribution in [0.2, 0.25) is 0 Å². The lowest BCUT2D eigenvalue weighted by molar-refractivity contribution is -0.868. The Morgan fingerprint density at radius 1 is 1.02 bits per heavy atom. The minimum atomic E-state index is -1.79. The number of anilines is 1. The summed E-state index contributed by atoms with van der Waals surface area (Å²) in [5, 5.41) is 14.6. The molecule has 0 aliphatic heterocycles. The van der Waals surface area contributed by atoms with Crippen molar-refractivity contribution in [1.82, 2.24) is 9.97 Å². The van der Waals surface area contributed by atoms with E-state index >= 15 is 0 Å². The number of fused-ring (bicyclic) bond motifs is 3. The van der Waals surface area contributed by atoms with Gasteiger partial charge in [0.2, 0.25) is 22.9 Å². The molecular weight excluding hydrogens is 642 g/mol. The fourth-order valence-electron chi connectivity index (χ4n) is 6.33. The Labute approximate surface area is 284 Å². The Balaban J connectivity index is 1.30. The van der Waals surface area contributed by atoms with Crippen LogP contribution in [0.25, 0.3) is 21.9 Å². The predicted molar refractivity (Wildman–Crippen MR) is 180 cm³/mol. The molecule has 0 saturated heterocycles. The highest BCUT2D eigenvalue weighted by molar-refractivity contribution is 6.04. The molecule has 2 heterocycles. The van der Waals surface area contributed by atoms with E-state index in [4.69, 9.17) is 10.5 Å². The molecular formula is C36H48F4N5O4+. The maximum absolute atomic E-state index is 13.9. The summed E-state index contributed by atoms with van der Waals surface area (Å²) in [4.78, 5) is 20.5. The summed E-state index contributed by atoms with van der Waals surface area (Å²) in [6, 6.07) is 7.99. The van der Waals surface area contributed by atoms with E-state index < -0.39 is 50.5 Å². The standard InChI is InChI=1S/C36H47F4N5O4/c1-7-8-15-27-43-31-32(23-13-9-10-14-26(23)42-34(31)41)44(27)16-11-12-17-45(6,47)20-36(4,5)22-48-21-35(2,3)19-28(46)49-33-29(39)24(37)18-25(38)30(33)40/h9-10,13-14,18H,7-8,11-12,15-17,19-22H2,1-6H3,(H2,41,42)/p+1. The number of hydrogen-bond donors (Lipinski definition) is 2. The van der Waals surface area contributed by atoms with Gasteiger partial charge in [-0.1, -0.05) is 53.2 Å². The number of unbranched alkanes of at least 4 members (excludes halogenated alkanes) is 2.